The lowest BCUT2D eigenvalue weighted by atomic mass is 10.2. The molecule has 1 aromatic carbocycles. The number of nitrogens with two attached hydrogens (primary N) is 1. The Bertz CT molecular complexity index is 1550. The fraction of sp³-hybridized carbons (Fsp3) is 0.304. The molecule has 5 aromatic rings. The Morgan fingerprint density at radius 1 is 0.944 bits per heavy atom. The summed E-state index contributed by atoms with van der Waals surface area (Å²) in [5.41, 5.74) is 9.16. The van der Waals surface area contributed by atoms with Crippen LogP contribution in [0.15, 0.2) is 36.8 Å². The number of fused-ring (bicyclic) bond motifs is 3. The number of piperazine rings is 1. The molecule has 0 amide bonds. The van der Waals surface area contributed by atoms with Gasteiger partial charge in [0.15, 0.2) is 11.3 Å². The van der Waals surface area contributed by atoms with Gasteiger partial charge in [0.05, 0.1) is 35.7 Å². The molecule has 0 atom stereocenters. The molecule has 0 aliphatic carbocycles. The van der Waals surface area contributed by atoms with Gasteiger partial charge in [-0.25, -0.2) is 23.4 Å². The van der Waals surface area contributed by atoms with E-state index in [0.717, 1.165) is 36.8 Å². The number of rotatable bonds is 5. The van der Waals surface area contributed by atoms with E-state index in [-0.39, 0.29) is 5.95 Å². The quantitative estimate of drug-likeness (QED) is 0.393. The summed E-state index contributed by atoms with van der Waals surface area (Å²) in [6.07, 6.45) is 5.00. The van der Waals surface area contributed by atoms with Gasteiger partial charge in [-0.3, -0.25) is 9.88 Å². The third-order valence-corrected chi connectivity index (χ3v) is 6.36. The summed E-state index contributed by atoms with van der Waals surface area (Å²) >= 11 is 0. The van der Waals surface area contributed by atoms with Crippen molar-refractivity contribution in [2.24, 2.45) is 0 Å². The van der Waals surface area contributed by atoms with Gasteiger partial charge >= 0.3 is 0 Å². The average molecular weight is 492 g/mol. The van der Waals surface area contributed by atoms with E-state index in [1.54, 1.807) is 23.3 Å². The largest absolute Gasteiger partial charge is 0.368 e. The highest BCUT2D eigenvalue weighted by atomic mass is 19.1. The van der Waals surface area contributed by atoms with Crippen LogP contribution in [0.3, 0.4) is 0 Å². The van der Waals surface area contributed by atoms with Crippen LogP contribution in [0.25, 0.3) is 28.2 Å². The zero-order valence-electron chi connectivity index (χ0n) is 19.5. The fourth-order valence-corrected chi connectivity index (χ4v) is 4.42. The third-order valence-electron chi connectivity index (χ3n) is 6.36. The van der Waals surface area contributed by atoms with Crippen molar-refractivity contribution in [1.82, 2.24) is 44.2 Å². The van der Waals surface area contributed by atoms with Crippen LogP contribution >= 0.6 is 0 Å². The normalized spacial score (nSPS) is 14.8. The molecule has 0 spiro atoms. The number of aromatic nitrogens is 8. The monoisotopic (exact) mass is 491 g/mol. The van der Waals surface area contributed by atoms with Crippen molar-refractivity contribution in [1.29, 1.82) is 0 Å². The number of benzene rings is 1. The van der Waals surface area contributed by atoms with Crippen molar-refractivity contribution >= 4 is 28.3 Å². The maximum Gasteiger partial charge on any atom is 0.225 e. The van der Waals surface area contributed by atoms with Gasteiger partial charge < -0.3 is 10.6 Å². The second-order valence-corrected chi connectivity index (χ2v) is 8.71. The fourth-order valence-electron chi connectivity index (χ4n) is 4.42. The highest BCUT2D eigenvalue weighted by Gasteiger charge is 2.21. The maximum atomic E-state index is 14.1. The van der Waals surface area contributed by atoms with Gasteiger partial charge in [0.1, 0.15) is 17.3 Å². The minimum Gasteiger partial charge on any atom is -0.368 e. The van der Waals surface area contributed by atoms with Crippen molar-refractivity contribution < 1.29 is 8.78 Å². The van der Waals surface area contributed by atoms with Crippen molar-refractivity contribution in [2.75, 3.05) is 43.4 Å². The van der Waals surface area contributed by atoms with E-state index < -0.39 is 11.6 Å². The van der Waals surface area contributed by atoms with E-state index in [9.17, 15) is 8.78 Å². The van der Waals surface area contributed by atoms with Crippen LogP contribution in [0, 0.1) is 18.6 Å². The van der Waals surface area contributed by atoms with E-state index in [1.165, 1.54) is 16.6 Å². The van der Waals surface area contributed by atoms with Crippen molar-refractivity contribution in [3.05, 3.63) is 54.1 Å². The summed E-state index contributed by atoms with van der Waals surface area (Å²) < 4.78 is 30.6. The summed E-state index contributed by atoms with van der Waals surface area (Å²) in [7, 11) is 0. The van der Waals surface area contributed by atoms with Gasteiger partial charge in [-0.2, -0.15) is 14.6 Å². The SMILES string of the molecule is Cc1cnc(-c2nc3c4cnn(CCN5CCN(c6ccc(F)cc6F)CC5)c4nc(N)n3n2)cn1. The highest BCUT2D eigenvalue weighted by molar-refractivity contribution is 5.90. The molecular weight excluding hydrogens is 468 g/mol. The van der Waals surface area contributed by atoms with E-state index in [2.05, 4.69) is 35.0 Å². The van der Waals surface area contributed by atoms with Crippen LogP contribution < -0.4 is 10.6 Å². The smallest absolute Gasteiger partial charge is 0.225 e. The Labute approximate surface area is 204 Å². The number of nitrogen functional groups attached to an aromatic ring is 1. The Kier molecular flexibility index (Phi) is 5.40. The van der Waals surface area contributed by atoms with Crippen LogP contribution in [0.1, 0.15) is 5.69 Å². The van der Waals surface area contributed by atoms with Gasteiger partial charge in [0, 0.05) is 45.0 Å². The van der Waals surface area contributed by atoms with E-state index in [1.807, 2.05) is 11.8 Å². The zero-order chi connectivity index (χ0) is 24.8. The molecule has 0 unspecified atom stereocenters. The molecule has 0 bridgehead atoms. The van der Waals surface area contributed by atoms with Gasteiger partial charge in [-0.15, -0.1) is 5.10 Å². The number of aryl methyl sites for hydroxylation is 1. The summed E-state index contributed by atoms with van der Waals surface area (Å²) in [5.74, 6) is -0.494. The van der Waals surface area contributed by atoms with Crippen molar-refractivity contribution in [2.45, 2.75) is 13.5 Å². The van der Waals surface area contributed by atoms with Gasteiger partial charge in [-0.05, 0) is 19.1 Å². The number of halogens is 2. The van der Waals surface area contributed by atoms with E-state index in [0.29, 0.717) is 48.1 Å². The van der Waals surface area contributed by atoms with E-state index >= 15 is 0 Å². The molecule has 1 saturated heterocycles. The molecule has 1 aliphatic rings. The second kappa shape index (κ2) is 8.75. The first-order chi connectivity index (χ1) is 17.5. The predicted octanol–water partition coefficient (Wildman–Crippen LogP) is 1.92. The van der Waals surface area contributed by atoms with Crippen LogP contribution in [-0.4, -0.2) is 77.0 Å². The first kappa shape index (κ1) is 22.2. The first-order valence-electron chi connectivity index (χ1n) is 11.6. The Hall–Kier alpha value is -4.26. The molecular formula is C23H23F2N11. The average Bonchev–Trinajstić information content (AvgIpc) is 3.49. The summed E-state index contributed by atoms with van der Waals surface area (Å²) in [6.45, 7) is 6.00. The second-order valence-electron chi connectivity index (χ2n) is 8.71. The van der Waals surface area contributed by atoms with Crippen LogP contribution in [-0.2, 0) is 6.54 Å². The maximum absolute atomic E-state index is 14.1. The Morgan fingerprint density at radius 2 is 1.78 bits per heavy atom. The lowest BCUT2D eigenvalue weighted by Gasteiger charge is -2.36. The molecule has 2 N–H and O–H groups in total. The standard InChI is InChI=1S/C23H23F2N11/c1-14-11-28-18(13-27-14)20-30-22-16-12-29-35(21(16)31-23(26)36(22)32-20)9-6-33-4-7-34(8-5-33)19-3-2-15(24)10-17(19)25/h2-3,10-13H,4-9H2,1H3,(H2,26,31). The Balaban J connectivity index is 1.17. The van der Waals surface area contributed by atoms with Gasteiger partial charge in [0.25, 0.3) is 0 Å². The first-order valence-corrected chi connectivity index (χ1v) is 11.6. The summed E-state index contributed by atoms with van der Waals surface area (Å²) in [4.78, 5) is 22.0. The van der Waals surface area contributed by atoms with Crippen LogP contribution in [0.2, 0.25) is 0 Å². The minimum atomic E-state index is -0.570. The minimum absolute atomic E-state index is 0.202. The summed E-state index contributed by atoms with van der Waals surface area (Å²) in [5, 5.41) is 9.70. The molecule has 0 saturated carbocycles. The van der Waals surface area contributed by atoms with Gasteiger partial charge in [-0.1, -0.05) is 0 Å². The molecule has 4 aromatic heterocycles. The third kappa shape index (κ3) is 3.96. The lowest BCUT2D eigenvalue weighted by molar-refractivity contribution is 0.245. The molecule has 1 aliphatic heterocycles. The highest BCUT2D eigenvalue weighted by Crippen LogP contribution is 2.23. The molecule has 1 fully saturated rings. The number of nitrogens with zero attached hydrogens (tertiary/aromatic N) is 10. The molecule has 5 heterocycles. The zero-order valence-corrected chi connectivity index (χ0v) is 19.5. The molecule has 184 valence electrons. The molecule has 11 nitrogen and oxygen atoms in total. The van der Waals surface area contributed by atoms with Gasteiger partial charge in [0.2, 0.25) is 11.8 Å². The van der Waals surface area contributed by atoms with Crippen LogP contribution in [0.5, 0.6) is 0 Å². The Morgan fingerprint density at radius 3 is 2.53 bits per heavy atom. The predicted molar refractivity (Wildman–Crippen MR) is 129 cm³/mol. The van der Waals surface area contributed by atoms with Crippen molar-refractivity contribution in [3.63, 3.8) is 0 Å². The summed E-state index contributed by atoms with van der Waals surface area (Å²) in [6, 6.07) is 3.71. The molecule has 13 heteroatoms. The number of anilines is 2. The number of hydrogen-bond donors (Lipinski definition) is 1. The molecule has 6 rings (SSSR count). The van der Waals surface area contributed by atoms with E-state index in [4.69, 9.17) is 5.73 Å². The van der Waals surface area contributed by atoms with Crippen LogP contribution in [0.4, 0.5) is 20.4 Å². The lowest BCUT2D eigenvalue weighted by Crippen LogP contribution is -2.47. The van der Waals surface area contributed by atoms with Crippen molar-refractivity contribution in [3.8, 4) is 11.5 Å². The number of hydrogen-bond acceptors (Lipinski definition) is 9. The molecule has 36 heavy (non-hydrogen) atoms. The topological polar surface area (TPSA) is 119 Å². The molecule has 0 radical (unpaired) electrons.